The van der Waals surface area contributed by atoms with E-state index in [0.29, 0.717) is 11.3 Å². The van der Waals surface area contributed by atoms with Crippen LogP contribution in [-0.4, -0.2) is 40.0 Å². The lowest BCUT2D eigenvalue weighted by Crippen LogP contribution is -2.44. The Hall–Kier alpha value is -0.120. The van der Waals surface area contributed by atoms with Gasteiger partial charge in [0, 0.05) is 33.5 Å². The quantitative estimate of drug-likeness (QED) is 0.664. The summed E-state index contributed by atoms with van der Waals surface area (Å²) in [4.78, 5) is 0. The van der Waals surface area contributed by atoms with Gasteiger partial charge in [-0.3, -0.25) is 0 Å². The molecule has 1 aliphatic rings. The lowest BCUT2D eigenvalue weighted by atomic mass is 9.69. The number of hydrogen-bond donors (Lipinski definition) is 1. The Bertz CT molecular complexity index is 191. The molecule has 0 saturated carbocycles. The fourth-order valence-corrected chi connectivity index (χ4v) is 2.74. The lowest BCUT2D eigenvalue weighted by molar-refractivity contribution is -0.0208. The SMILES string of the molecule is CCCNCC1(C(C)CCOC)CCOCC1. The molecule has 102 valence electrons. The van der Waals surface area contributed by atoms with Crippen molar-refractivity contribution in [2.24, 2.45) is 11.3 Å². The zero-order valence-corrected chi connectivity index (χ0v) is 11.8. The summed E-state index contributed by atoms with van der Waals surface area (Å²) in [7, 11) is 1.79. The van der Waals surface area contributed by atoms with E-state index in [0.717, 1.165) is 39.3 Å². The van der Waals surface area contributed by atoms with E-state index in [2.05, 4.69) is 19.2 Å². The van der Waals surface area contributed by atoms with Crippen molar-refractivity contribution >= 4 is 0 Å². The van der Waals surface area contributed by atoms with Crippen molar-refractivity contribution in [2.45, 2.75) is 39.5 Å². The van der Waals surface area contributed by atoms with Crippen molar-refractivity contribution in [2.75, 3.05) is 40.0 Å². The van der Waals surface area contributed by atoms with Gasteiger partial charge in [0.2, 0.25) is 0 Å². The van der Waals surface area contributed by atoms with E-state index < -0.39 is 0 Å². The van der Waals surface area contributed by atoms with Gasteiger partial charge in [0.15, 0.2) is 0 Å². The summed E-state index contributed by atoms with van der Waals surface area (Å²) in [6.07, 6.45) is 4.74. The van der Waals surface area contributed by atoms with Gasteiger partial charge in [-0.15, -0.1) is 0 Å². The summed E-state index contributed by atoms with van der Waals surface area (Å²) in [5.41, 5.74) is 0.423. The van der Waals surface area contributed by atoms with E-state index in [1.165, 1.54) is 19.3 Å². The number of rotatable bonds is 8. The second-order valence-electron chi connectivity index (χ2n) is 5.33. The number of hydrogen-bond acceptors (Lipinski definition) is 3. The molecule has 1 fully saturated rings. The van der Waals surface area contributed by atoms with E-state index in [-0.39, 0.29) is 0 Å². The van der Waals surface area contributed by atoms with Gasteiger partial charge in [0.05, 0.1) is 0 Å². The maximum Gasteiger partial charge on any atom is 0.0471 e. The first-order chi connectivity index (χ1) is 8.25. The van der Waals surface area contributed by atoms with Gasteiger partial charge in [-0.05, 0) is 43.6 Å². The number of methoxy groups -OCH3 is 1. The summed E-state index contributed by atoms with van der Waals surface area (Å²) in [6, 6.07) is 0. The fraction of sp³-hybridized carbons (Fsp3) is 1.00. The Balaban J connectivity index is 2.50. The molecule has 0 radical (unpaired) electrons. The van der Waals surface area contributed by atoms with Crippen LogP contribution in [0.3, 0.4) is 0 Å². The molecule has 17 heavy (non-hydrogen) atoms. The number of ether oxygens (including phenoxy) is 2. The third-order valence-corrected chi connectivity index (χ3v) is 4.19. The predicted molar refractivity (Wildman–Crippen MR) is 71.3 cm³/mol. The predicted octanol–water partition coefficient (Wildman–Crippen LogP) is 2.46. The summed E-state index contributed by atoms with van der Waals surface area (Å²) in [5, 5.41) is 3.61. The van der Waals surface area contributed by atoms with Gasteiger partial charge >= 0.3 is 0 Å². The molecule has 1 atom stereocenters. The molecular formula is C14H29NO2. The van der Waals surface area contributed by atoms with Gasteiger partial charge < -0.3 is 14.8 Å². The van der Waals surface area contributed by atoms with Crippen LogP contribution in [0.1, 0.15) is 39.5 Å². The topological polar surface area (TPSA) is 30.5 Å². The zero-order valence-electron chi connectivity index (χ0n) is 11.8. The Morgan fingerprint density at radius 2 is 2.06 bits per heavy atom. The van der Waals surface area contributed by atoms with Gasteiger partial charge in [0.25, 0.3) is 0 Å². The summed E-state index contributed by atoms with van der Waals surface area (Å²) < 4.78 is 10.7. The van der Waals surface area contributed by atoms with Crippen molar-refractivity contribution < 1.29 is 9.47 Å². The van der Waals surface area contributed by atoms with Crippen molar-refractivity contribution in [3.05, 3.63) is 0 Å². The van der Waals surface area contributed by atoms with Gasteiger partial charge in [0.1, 0.15) is 0 Å². The standard InChI is InChI=1S/C14H29NO2/c1-4-8-15-12-14(6-10-17-11-7-14)13(2)5-9-16-3/h13,15H,4-12H2,1-3H3. The molecule has 3 heteroatoms. The van der Waals surface area contributed by atoms with E-state index in [9.17, 15) is 0 Å². The minimum atomic E-state index is 0.423. The molecule has 0 spiro atoms. The number of nitrogens with one attached hydrogen (secondary N) is 1. The van der Waals surface area contributed by atoms with Crippen molar-refractivity contribution in [3.8, 4) is 0 Å². The van der Waals surface area contributed by atoms with E-state index in [1.807, 2.05) is 0 Å². The molecule has 0 bridgehead atoms. The van der Waals surface area contributed by atoms with Crippen LogP contribution < -0.4 is 5.32 Å². The van der Waals surface area contributed by atoms with E-state index in [1.54, 1.807) is 7.11 Å². The molecule has 0 amide bonds. The second-order valence-corrected chi connectivity index (χ2v) is 5.33. The molecule has 0 aromatic rings. The maximum atomic E-state index is 5.53. The highest BCUT2D eigenvalue weighted by atomic mass is 16.5. The first-order valence-electron chi connectivity index (χ1n) is 7.02. The van der Waals surface area contributed by atoms with Crippen molar-refractivity contribution in [1.29, 1.82) is 0 Å². The highest BCUT2D eigenvalue weighted by molar-refractivity contribution is 4.88. The summed E-state index contributed by atoms with van der Waals surface area (Å²) >= 11 is 0. The maximum absolute atomic E-state index is 5.53. The van der Waals surface area contributed by atoms with Crippen LogP contribution in [0.2, 0.25) is 0 Å². The first-order valence-corrected chi connectivity index (χ1v) is 7.02. The van der Waals surface area contributed by atoms with Crippen LogP contribution in [0, 0.1) is 11.3 Å². The Morgan fingerprint density at radius 3 is 2.65 bits per heavy atom. The molecule has 1 N–H and O–H groups in total. The average molecular weight is 243 g/mol. The Labute approximate surface area is 106 Å². The van der Waals surface area contributed by atoms with Crippen LogP contribution in [-0.2, 0) is 9.47 Å². The third kappa shape index (κ3) is 4.57. The molecule has 0 aromatic carbocycles. The minimum absolute atomic E-state index is 0.423. The molecule has 1 unspecified atom stereocenters. The van der Waals surface area contributed by atoms with Crippen molar-refractivity contribution in [1.82, 2.24) is 5.32 Å². The largest absolute Gasteiger partial charge is 0.385 e. The van der Waals surface area contributed by atoms with Gasteiger partial charge in [-0.1, -0.05) is 13.8 Å². The van der Waals surface area contributed by atoms with Crippen LogP contribution in [0.5, 0.6) is 0 Å². The lowest BCUT2D eigenvalue weighted by Gasteiger charge is -2.42. The molecule has 1 aliphatic heterocycles. The zero-order chi connectivity index (χ0) is 12.6. The monoisotopic (exact) mass is 243 g/mol. The molecule has 3 nitrogen and oxygen atoms in total. The Morgan fingerprint density at radius 1 is 1.35 bits per heavy atom. The fourth-order valence-electron chi connectivity index (χ4n) is 2.74. The van der Waals surface area contributed by atoms with Crippen LogP contribution in [0.4, 0.5) is 0 Å². The molecule has 1 rings (SSSR count). The summed E-state index contributed by atoms with van der Waals surface area (Å²) in [5.74, 6) is 0.704. The van der Waals surface area contributed by atoms with E-state index >= 15 is 0 Å². The highest BCUT2D eigenvalue weighted by Gasteiger charge is 2.37. The molecular weight excluding hydrogens is 214 g/mol. The summed E-state index contributed by atoms with van der Waals surface area (Å²) in [6.45, 7) is 9.57. The van der Waals surface area contributed by atoms with Crippen LogP contribution in [0.15, 0.2) is 0 Å². The first kappa shape index (κ1) is 14.9. The molecule has 1 saturated heterocycles. The van der Waals surface area contributed by atoms with E-state index in [4.69, 9.17) is 9.47 Å². The minimum Gasteiger partial charge on any atom is -0.385 e. The molecule has 0 aromatic heterocycles. The smallest absolute Gasteiger partial charge is 0.0471 e. The normalized spacial score (nSPS) is 21.4. The van der Waals surface area contributed by atoms with Gasteiger partial charge in [-0.2, -0.15) is 0 Å². The second kappa shape index (κ2) is 8.06. The third-order valence-electron chi connectivity index (χ3n) is 4.19. The van der Waals surface area contributed by atoms with Crippen molar-refractivity contribution in [3.63, 3.8) is 0 Å². The molecule has 1 heterocycles. The van der Waals surface area contributed by atoms with Crippen LogP contribution >= 0.6 is 0 Å². The molecule has 0 aliphatic carbocycles. The Kier molecular flexibility index (Phi) is 7.09. The van der Waals surface area contributed by atoms with Crippen LogP contribution in [0.25, 0.3) is 0 Å². The average Bonchev–Trinajstić information content (AvgIpc) is 2.37. The van der Waals surface area contributed by atoms with Gasteiger partial charge in [-0.25, -0.2) is 0 Å². The highest BCUT2D eigenvalue weighted by Crippen LogP contribution is 2.39.